The minimum Gasteiger partial charge on any atom is -0.423 e. The lowest BCUT2D eigenvalue weighted by molar-refractivity contribution is -0.131. The van der Waals surface area contributed by atoms with Crippen molar-refractivity contribution in [3.8, 4) is 0 Å². The summed E-state index contributed by atoms with van der Waals surface area (Å²) in [5.74, 6) is -0.399. The zero-order valence-electron chi connectivity index (χ0n) is 15.9. The monoisotopic (exact) mass is 389 g/mol. The van der Waals surface area contributed by atoms with Gasteiger partial charge in [-0.05, 0) is 67.1 Å². The second kappa shape index (κ2) is 6.27. The molecule has 2 aliphatic rings. The van der Waals surface area contributed by atoms with Crippen molar-refractivity contribution in [2.75, 3.05) is 0 Å². The van der Waals surface area contributed by atoms with Crippen LogP contribution in [0.1, 0.15) is 35.7 Å². The molecule has 146 valence electrons. The topological polar surface area (TPSA) is 92.5 Å². The number of benzene rings is 1. The normalized spacial score (nSPS) is 20.9. The third-order valence-corrected chi connectivity index (χ3v) is 5.82. The van der Waals surface area contributed by atoms with E-state index in [0.29, 0.717) is 16.8 Å². The molecule has 0 spiro atoms. The predicted molar refractivity (Wildman–Crippen MR) is 105 cm³/mol. The summed E-state index contributed by atoms with van der Waals surface area (Å²) < 4.78 is 5.39. The molecule has 29 heavy (non-hydrogen) atoms. The maximum atomic E-state index is 13.2. The molecule has 1 N–H and O–H groups in total. The third-order valence-electron chi connectivity index (χ3n) is 5.82. The van der Waals surface area contributed by atoms with Crippen LogP contribution in [0.5, 0.6) is 0 Å². The largest absolute Gasteiger partial charge is 0.423 e. The molecular weight excluding hydrogens is 370 g/mol. The molecular formula is C22H19N3O4. The molecule has 1 aliphatic carbocycles. The number of imide groups is 1. The molecule has 0 saturated carbocycles. The van der Waals surface area contributed by atoms with E-state index in [1.807, 2.05) is 12.1 Å². The summed E-state index contributed by atoms with van der Waals surface area (Å²) in [4.78, 5) is 43.3. The minimum absolute atomic E-state index is 0.00598. The smallest absolute Gasteiger partial charge is 0.336 e. The van der Waals surface area contributed by atoms with Gasteiger partial charge in [-0.1, -0.05) is 6.07 Å². The van der Waals surface area contributed by atoms with Crippen LogP contribution in [0, 0.1) is 0 Å². The van der Waals surface area contributed by atoms with E-state index in [2.05, 4.69) is 10.3 Å². The Hall–Kier alpha value is -3.48. The molecule has 1 atom stereocenters. The Labute approximate surface area is 166 Å². The first kappa shape index (κ1) is 17.6. The number of carbonyl (C=O) groups is 2. The molecule has 1 aromatic carbocycles. The average Bonchev–Trinajstić information content (AvgIpc) is 3.25. The molecule has 1 fully saturated rings. The van der Waals surface area contributed by atoms with Crippen LogP contribution in [0.3, 0.4) is 0 Å². The lowest BCUT2D eigenvalue weighted by Crippen LogP contribution is -2.41. The van der Waals surface area contributed by atoms with E-state index in [1.165, 1.54) is 17.2 Å². The van der Waals surface area contributed by atoms with Gasteiger partial charge in [-0.15, -0.1) is 0 Å². The first-order chi connectivity index (χ1) is 14.0. The maximum Gasteiger partial charge on any atom is 0.336 e. The summed E-state index contributed by atoms with van der Waals surface area (Å²) in [5, 5.41) is 3.51. The molecule has 0 bridgehead atoms. The van der Waals surface area contributed by atoms with Crippen LogP contribution in [0.4, 0.5) is 4.79 Å². The van der Waals surface area contributed by atoms with Crippen LogP contribution in [0.15, 0.2) is 51.8 Å². The van der Waals surface area contributed by atoms with Gasteiger partial charge in [0.15, 0.2) is 5.54 Å². The number of fused-ring (bicyclic) bond motifs is 2. The summed E-state index contributed by atoms with van der Waals surface area (Å²) in [6, 6.07) is 10.0. The highest BCUT2D eigenvalue weighted by Crippen LogP contribution is 2.32. The fourth-order valence-corrected chi connectivity index (χ4v) is 4.27. The highest BCUT2D eigenvalue weighted by molar-refractivity contribution is 6.07. The Balaban J connectivity index is 1.55. The average molecular weight is 389 g/mol. The molecule has 3 amide bonds. The molecule has 1 aliphatic heterocycles. The van der Waals surface area contributed by atoms with Crippen LogP contribution in [0.2, 0.25) is 0 Å². The number of pyridine rings is 1. The number of nitrogens with one attached hydrogen (secondary N) is 1. The van der Waals surface area contributed by atoms with Gasteiger partial charge < -0.3 is 9.73 Å². The van der Waals surface area contributed by atoms with E-state index < -0.39 is 23.1 Å². The predicted octanol–water partition coefficient (Wildman–Crippen LogP) is 2.64. The Morgan fingerprint density at radius 2 is 1.93 bits per heavy atom. The quantitative estimate of drug-likeness (QED) is 0.549. The summed E-state index contributed by atoms with van der Waals surface area (Å²) in [6.45, 7) is 1.63. The van der Waals surface area contributed by atoms with E-state index in [1.54, 1.807) is 31.3 Å². The number of carbonyl (C=O) groups excluding carboxylic acids is 2. The first-order valence-corrected chi connectivity index (χ1v) is 9.60. The number of amides is 3. The van der Waals surface area contributed by atoms with E-state index >= 15 is 0 Å². The van der Waals surface area contributed by atoms with Crippen molar-refractivity contribution < 1.29 is 14.0 Å². The highest BCUT2D eigenvalue weighted by atomic mass is 16.4. The van der Waals surface area contributed by atoms with Crippen LogP contribution in [-0.2, 0) is 29.7 Å². The van der Waals surface area contributed by atoms with Gasteiger partial charge in [0.25, 0.3) is 5.91 Å². The van der Waals surface area contributed by atoms with Crippen molar-refractivity contribution in [3.05, 3.63) is 75.4 Å². The van der Waals surface area contributed by atoms with Gasteiger partial charge >= 0.3 is 11.7 Å². The summed E-state index contributed by atoms with van der Waals surface area (Å²) in [5.41, 5.74) is 2.24. The van der Waals surface area contributed by atoms with E-state index in [0.717, 1.165) is 29.5 Å². The van der Waals surface area contributed by atoms with Crippen molar-refractivity contribution in [1.29, 1.82) is 0 Å². The number of hydrogen-bond acceptors (Lipinski definition) is 5. The number of nitrogens with zero attached hydrogens (tertiary/aromatic N) is 2. The molecule has 1 unspecified atom stereocenters. The molecule has 2 aromatic heterocycles. The Morgan fingerprint density at radius 1 is 1.14 bits per heavy atom. The van der Waals surface area contributed by atoms with Crippen LogP contribution in [0.25, 0.3) is 11.0 Å². The van der Waals surface area contributed by atoms with Gasteiger partial charge in [0.2, 0.25) is 0 Å². The Bertz CT molecular complexity index is 1220. The maximum absolute atomic E-state index is 13.2. The molecule has 1 saturated heterocycles. The van der Waals surface area contributed by atoms with Crippen molar-refractivity contribution >= 4 is 22.9 Å². The van der Waals surface area contributed by atoms with E-state index in [-0.39, 0.29) is 6.54 Å². The first-order valence-electron chi connectivity index (χ1n) is 9.60. The second-order valence-electron chi connectivity index (χ2n) is 7.72. The molecule has 3 aromatic rings. The summed E-state index contributed by atoms with van der Waals surface area (Å²) in [7, 11) is 0. The molecule has 3 heterocycles. The Morgan fingerprint density at radius 3 is 2.69 bits per heavy atom. The van der Waals surface area contributed by atoms with Crippen molar-refractivity contribution in [1.82, 2.24) is 15.2 Å². The lowest BCUT2D eigenvalue weighted by atomic mass is 9.97. The fourth-order valence-electron chi connectivity index (χ4n) is 4.27. The second-order valence-corrected chi connectivity index (χ2v) is 7.72. The van der Waals surface area contributed by atoms with Crippen molar-refractivity contribution in [2.24, 2.45) is 0 Å². The molecule has 7 nitrogen and oxygen atoms in total. The number of aromatic nitrogens is 1. The van der Waals surface area contributed by atoms with Gasteiger partial charge in [-0.2, -0.15) is 0 Å². The minimum atomic E-state index is -1.24. The summed E-state index contributed by atoms with van der Waals surface area (Å²) >= 11 is 0. The lowest BCUT2D eigenvalue weighted by Gasteiger charge is -2.21. The van der Waals surface area contributed by atoms with Crippen LogP contribution >= 0.6 is 0 Å². The fraction of sp³-hybridized carbons (Fsp3) is 0.273. The van der Waals surface area contributed by atoms with Gasteiger partial charge in [0, 0.05) is 17.6 Å². The van der Waals surface area contributed by atoms with Crippen LogP contribution in [-0.4, -0.2) is 21.8 Å². The summed E-state index contributed by atoms with van der Waals surface area (Å²) in [6.07, 6.45) is 4.60. The third kappa shape index (κ3) is 2.73. The van der Waals surface area contributed by atoms with Crippen molar-refractivity contribution in [3.63, 3.8) is 0 Å². The number of rotatable bonds is 3. The zero-order chi connectivity index (χ0) is 20.2. The van der Waals surface area contributed by atoms with Gasteiger partial charge in [-0.25, -0.2) is 9.59 Å². The highest BCUT2D eigenvalue weighted by Gasteiger charge is 2.50. The van der Waals surface area contributed by atoms with Gasteiger partial charge in [0.1, 0.15) is 5.58 Å². The number of hydrogen-bond donors (Lipinski definition) is 1. The van der Waals surface area contributed by atoms with Crippen LogP contribution < -0.4 is 10.9 Å². The SMILES string of the molecule is CC1(c2ccccn2)NC(=O)N(Cc2cc(=O)oc3cc4c(cc23)CCC4)C1=O. The van der Waals surface area contributed by atoms with E-state index in [9.17, 15) is 14.4 Å². The van der Waals surface area contributed by atoms with Gasteiger partial charge in [0.05, 0.1) is 12.2 Å². The van der Waals surface area contributed by atoms with Gasteiger partial charge in [-0.3, -0.25) is 14.7 Å². The molecule has 0 radical (unpaired) electrons. The standard InChI is InChI=1S/C22H19N3O4/c1-22(18-7-2-3-8-23-18)20(27)25(21(28)24-22)12-15-11-19(26)29-17-10-14-6-4-5-13(14)9-16(15)17/h2-3,7-11H,4-6,12H2,1H3,(H,24,28). The molecule has 7 heteroatoms. The molecule has 5 rings (SSSR count). The van der Waals surface area contributed by atoms with Crippen molar-refractivity contribution in [2.45, 2.75) is 38.3 Å². The zero-order valence-corrected chi connectivity index (χ0v) is 15.9. The number of aryl methyl sites for hydroxylation is 2. The Kier molecular flexibility index (Phi) is 3.81. The van der Waals surface area contributed by atoms with E-state index in [4.69, 9.17) is 4.42 Å². The number of urea groups is 1.